The molecule has 0 bridgehead atoms. The summed E-state index contributed by atoms with van der Waals surface area (Å²) >= 11 is 11.8. The molecule has 2 aromatic carbocycles. The number of para-hydroxylation sites is 1. The predicted octanol–water partition coefficient (Wildman–Crippen LogP) is 3.88. The van der Waals surface area contributed by atoms with E-state index in [9.17, 15) is 4.79 Å². The molecule has 0 heterocycles. The van der Waals surface area contributed by atoms with Crippen LogP contribution in [0.1, 0.15) is 5.56 Å². The number of amides is 2. The van der Waals surface area contributed by atoms with Gasteiger partial charge >= 0.3 is 6.03 Å². The minimum absolute atomic E-state index is 0.00183. The van der Waals surface area contributed by atoms with Gasteiger partial charge in [0.05, 0.1) is 12.1 Å². The highest BCUT2D eigenvalue weighted by Gasteiger charge is 2.05. The summed E-state index contributed by atoms with van der Waals surface area (Å²) in [5, 5.41) is 6.26. The standard InChI is InChI=1S/C17H18Cl2N2O3/c1-23-15-5-3-2-4-12(15)8-9-20-17(22)21-11-24-16-7-6-13(18)10-14(16)19/h2-7,10H,8-9,11H2,1H3,(H2,20,21,22). The van der Waals surface area contributed by atoms with Crippen LogP contribution in [0, 0.1) is 0 Å². The molecule has 0 atom stereocenters. The van der Waals surface area contributed by atoms with Gasteiger partial charge in [-0.1, -0.05) is 41.4 Å². The number of carbonyl (C=O) groups excluding carboxylic acids is 1. The summed E-state index contributed by atoms with van der Waals surface area (Å²) in [7, 11) is 1.62. The number of carbonyl (C=O) groups is 1. The first-order chi connectivity index (χ1) is 11.6. The molecule has 0 aliphatic rings. The van der Waals surface area contributed by atoms with E-state index in [2.05, 4.69) is 10.6 Å². The lowest BCUT2D eigenvalue weighted by atomic mass is 10.1. The van der Waals surface area contributed by atoms with E-state index in [0.29, 0.717) is 28.8 Å². The summed E-state index contributed by atoms with van der Waals surface area (Å²) < 4.78 is 10.6. The molecule has 0 radical (unpaired) electrons. The topological polar surface area (TPSA) is 59.6 Å². The van der Waals surface area contributed by atoms with Gasteiger partial charge in [-0.05, 0) is 36.2 Å². The smallest absolute Gasteiger partial charge is 0.317 e. The molecule has 2 amide bonds. The van der Waals surface area contributed by atoms with E-state index in [0.717, 1.165) is 11.3 Å². The normalized spacial score (nSPS) is 10.1. The first-order valence-electron chi connectivity index (χ1n) is 7.31. The molecular formula is C17H18Cl2N2O3. The largest absolute Gasteiger partial charge is 0.496 e. The first kappa shape index (κ1) is 18.2. The van der Waals surface area contributed by atoms with Crippen molar-refractivity contribution in [1.82, 2.24) is 10.6 Å². The molecule has 5 nitrogen and oxygen atoms in total. The van der Waals surface area contributed by atoms with Gasteiger partial charge in [0.2, 0.25) is 0 Å². The Kier molecular flexibility index (Phi) is 7.03. The molecule has 7 heteroatoms. The Morgan fingerprint density at radius 1 is 1.08 bits per heavy atom. The summed E-state index contributed by atoms with van der Waals surface area (Å²) in [4.78, 5) is 11.7. The molecule has 0 aromatic heterocycles. The minimum Gasteiger partial charge on any atom is -0.496 e. The van der Waals surface area contributed by atoms with Crippen molar-refractivity contribution in [3.05, 3.63) is 58.1 Å². The Morgan fingerprint density at radius 2 is 1.88 bits per heavy atom. The summed E-state index contributed by atoms with van der Waals surface area (Å²) in [5.41, 5.74) is 1.03. The average Bonchev–Trinajstić information content (AvgIpc) is 2.57. The van der Waals surface area contributed by atoms with Gasteiger partial charge in [0.1, 0.15) is 11.5 Å². The molecule has 0 fully saturated rings. The van der Waals surface area contributed by atoms with Crippen molar-refractivity contribution in [3.63, 3.8) is 0 Å². The number of urea groups is 1. The second kappa shape index (κ2) is 9.25. The molecule has 0 saturated carbocycles. The van der Waals surface area contributed by atoms with Gasteiger partial charge in [0, 0.05) is 11.6 Å². The van der Waals surface area contributed by atoms with Gasteiger partial charge in [0.25, 0.3) is 0 Å². The van der Waals surface area contributed by atoms with E-state index in [1.165, 1.54) is 0 Å². The van der Waals surface area contributed by atoms with E-state index < -0.39 is 0 Å². The number of ether oxygens (including phenoxy) is 2. The Hall–Kier alpha value is -2.11. The number of halogens is 2. The SMILES string of the molecule is COc1ccccc1CCNC(=O)NCOc1ccc(Cl)cc1Cl. The molecule has 0 unspecified atom stereocenters. The highest BCUT2D eigenvalue weighted by atomic mass is 35.5. The van der Waals surface area contributed by atoms with Crippen LogP contribution in [-0.2, 0) is 6.42 Å². The van der Waals surface area contributed by atoms with Crippen molar-refractivity contribution >= 4 is 29.2 Å². The van der Waals surface area contributed by atoms with Crippen molar-refractivity contribution in [2.45, 2.75) is 6.42 Å². The van der Waals surface area contributed by atoms with E-state index in [4.69, 9.17) is 32.7 Å². The minimum atomic E-state index is -0.324. The lowest BCUT2D eigenvalue weighted by Crippen LogP contribution is -2.38. The van der Waals surface area contributed by atoms with Crippen molar-refractivity contribution in [1.29, 1.82) is 0 Å². The van der Waals surface area contributed by atoms with Gasteiger partial charge in [-0.25, -0.2) is 4.79 Å². The predicted molar refractivity (Wildman–Crippen MR) is 95.2 cm³/mol. The van der Waals surface area contributed by atoms with Crippen LogP contribution < -0.4 is 20.1 Å². The van der Waals surface area contributed by atoms with Crippen LogP contribution in [-0.4, -0.2) is 26.4 Å². The maximum Gasteiger partial charge on any atom is 0.317 e. The molecule has 2 N–H and O–H groups in total. The molecule has 128 valence electrons. The Balaban J connectivity index is 1.70. The zero-order valence-corrected chi connectivity index (χ0v) is 14.7. The molecular weight excluding hydrogens is 351 g/mol. The first-order valence-corrected chi connectivity index (χ1v) is 8.07. The van der Waals surface area contributed by atoms with Gasteiger partial charge in [-0.3, -0.25) is 0 Å². The second-order valence-corrected chi connectivity index (χ2v) is 5.70. The lowest BCUT2D eigenvalue weighted by molar-refractivity contribution is 0.224. The van der Waals surface area contributed by atoms with Crippen LogP contribution in [0.5, 0.6) is 11.5 Å². The van der Waals surface area contributed by atoms with E-state index in [1.807, 2.05) is 24.3 Å². The highest BCUT2D eigenvalue weighted by molar-refractivity contribution is 6.35. The van der Waals surface area contributed by atoms with E-state index in [1.54, 1.807) is 25.3 Å². The third-order valence-electron chi connectivity index (χ3n) is 3.23. The highest BCUT2D eigenvalue weighted by Crippen LogP contribution is 2.27. The number of rotatable bonds is 7. The Morgan fingerprint density at radius 3 is 2.62 bits per heavy atom. The number of benzene rings is 2. The summed E-state index contributed by atoms with van der Waals surface area (Å²) in [5.74, 6) is 1.26. The Labute approximate surface area is 150 Å². The third-order valence-corrected chi connectivity index (χ3v) is 3.76. The van der Waals surface area contributed by atoms with Crippen LogP contribution in [0.4, 0.5) is 4.79 Å². The summed E-state index contributed by atoms with van der Waals surface area (Å²) in [6.45, 7) is 0.482. The molecule has 2 rings (SSSR count). The van der Waals surface area contributed by atoms with Crippen LogP contribution >= 0.6 is 23.2 Å². The van der Waals surface area contributed by atoms with E-state index >= 15 is 0 Å². The van der Waals surface area contributed by atoms with Gasteiger partial charge < -0.3 is 20.1 Å². The van der Waals surface area contributed by atoms with Gasteiger partial charge in [-0.15, -0.1) is 0 Å². The molecule has 0 aliphatic carbocycles. The fraction of sp³-hybridized carbons (Fsp3) is 0.235. The number of nitrogens with one attached hydrogen (secondary N) is 2. The van der Waals surface area contributed by atoms with Crippen molar-refractivity contribution in [3.8, 4) is 11.5 Å². The van der Waals surface area contributed by atoms with Crippen LogP contribution in [0.15, 0.2) is 42.5 Å². The zero-order valence-electron chi connectivity index (χ0n) is 13.1. The lowest BCUT2D eigenvalue weighted by Gasteiger charge is -2.11. The fourth-order valence-corrected chi connectivity index (χ4v) is 2.52. The Bertz CT molecular complexity index is 695. The van der Waals surface area contributed by atoms with Crippen molar-refractivity contribution in [2.24, 2.45) is 0 Å². The maximum atomic E-state index is 11.7. The third kappa shape index (κ3) is 5.51. The number of hydrogen-bond acceptors (Lipinski definition) is 3. The van der Waals surface area contributed by atoms with E-state index in [-0.39, 0.29) is 12.8 Å². The fourth-order valence-electron chi connectivity index (χ4n) is 2.05. The average molecular weight is 369 g/mol. The maximum absolute atomic E-state index is 11.7. The van der Waals surface area contributed by atoms with Crippen molar-refractivity contribution < 1.29 is 14.3 Å². The van der Waals surface area contributed by atoms with Gasteiger partial charge in [0.15, 0.2) is 6.73 Å². The zero-order chi connectivity index (χ0) is 17.4. The monoisotopic (exact) mass is 368 g/mol. The molecule has 2 aromatic rings. The van der Waals surface area contributed by atoms with Crippen molar-refractivity contribution in [2.75, 3.05) is 20.4 Å². The number of hydrogen-bond donors (Lipinski definition) is 2. The molecule has 24 heavy (non-hydrogen) atoms. The quantitative estimate of drug-likeness (QED) is 0.729. The van der Waals surface area contributed by atoms with Crippen LogP contribution in [0.25, 0.3) is 0 Å². The summed E-state index contributed by atoms with van der Waals surface area (Å²) in [6.07, 6.45) is 0.668. The second-order valence-electron chi connectivity index (χ2n) is 4.86. The number of methoxy groups -OCH3 is 1. The van der Waals surface area contributed by atoms with Crippen LogP contribution in [0.2, 0.25) is 10.0 Å². The molecule has 0 spiro atoms. The van der Waals surface area contributed by atoms with Gasteiger partial charge in [-0.2, -0.15) is 0 Å². The van der Waals surface area contributed by atoms with Crippen LogP contribution in [0.3, 0.4) is 0 Å². The molecule has 0 saturated heterocycles. The summed E-state index contributed by atoms with van der Waals surface area (Å²) in [6, 6.07) is 12.2. The molecule has 0 aliphatic heterocycles.